The van der Waals surface area contributed by atoms with Gasteiger partial charge in [-0.2, -0.15) is 0 Å². The zero-order chi connectivity index (χ0) is 14.5. The van der Waals surface area contributed by atoms with Crippen LogP contribution in [0.5, 0.6) is 5.75 Å². The van der Waals surface area contributed by atoms with E-state index in [0.717, 1.165) is 16.9 Å². The molecule has 102 valence electrons. The fourth-order valence-electron chi connectivity index (χ4n) is 1.87. The lowest BCUT2D eigenvalue weighted by Crippen LogP contribution is -2.12. The summed E-state index contributed by atoms with van der Waals surface area (Å²) in [7, 11) is 0. The molecule has 0 atom stereocenters. The highest BCUT2D eigenvalue weighted by atomic mass is 35.5. The van der Waals surface area contributed by atoms with Gasteiger partial charge < -0.3 is 4.74 Å². The van der Waals surface area contributed by atoms with E-state index in [9.17, 15) is 4.79 Å². The van der Waals surface area contributed by atoms with Crippen LogP contribution in [0.2, 0.25) is 0 Å². The zero-order valence-electron chi connectivity index (χ0n) is 11.0. The lowest BCUT2D eigenvalue weighted by molar-refractivity contribution is -0.106. The van der Waals surface area contributed by atoms with Gasteiger partial charge in [-0.1, -0.05) is 42.5 Å². The summed E-state index contributed by atoms with van der Waals surface area (Å²) < 4.78 is 5.74. The first-order chi connectivity index (χ1) is 9.59. The summed E-state index contributed by atoms with van der Waals surface area (Å²) in [4.78, 5) is 11.1. The van der Waals surface area contributed by atoms with E-state index >= 15 is 0 Å². The van der Waals surface area contributed by atoms with Crippen LogP contribution in [-0.4, -0.2) is 11.0 Å². The van der Waals surface area contributed by atoms with Crippen LogP contribution in [-0.2, 0) is 11.4 Å². The maximum Gasteiger partial charge on any atom is 0.270 e. The fraction of sp³-hybridized carbons (Fsp3) is 0.125. The summed E-state index contributed by atoms with van der Waals surface area (Å²) in [6.07, 6.45) is 0. The molecule has 20 heavy (non-hydrogen) atoms. The number of rotatable bonds is 5. The van der Waals surface area contributed by atoms with Gasteiger partial charge in [0.05, 0.1) is 0 Å². The predicted molar refractivity (Wildman–Crippen MR) is 79.6 cm³/mol. The molecule has 0 radical (unpaired) electrons. The van der Waals surface area contributed by atoms with Crippen LogP contribution < -0.4 is 4.74 Å². The number of para-hydroxylation sites is 1. The Morgan fingerprint density at radius 3 is 2.50 bits per heavy atom. The Balaban J connectivity index is 2.20. The smallest absolute Gasteiger partial charge is 0.270 e. The van der Waals surface area contributed by atoms with Crippen molar-refractivity contribution in [3.63, 3.8) is 0 Å². The first-order valence-corrected chi connectivity index (χ1v) is 6.52. The highest BCUT2D eigenvalue weighted by Crippen LogP contribution is 2.19. The number of hydrogen-bond acceptors (Lipinski definition) is 3. The van der Waals surface area contributed by atoms with Crippen molar-refractivity contribution in [3.05, 3.63) is 65.2 Å². The molecule has 0 unspecified atom stereocenters. The molecule has 2 aromatic rings. The molecule has 0 bridgehead atoms. The number of hydrogen-bond donors (Lipinski definition) is 1. The van der Waals surface area contributed by atoms with Gasteiger partial charge in [0.1, 0.15) is 18.1 Å². The summed E-state index contributed by atoms with van der Waals surface area (Å²) in [6.45, 7) is 2.25. The van der Waals surface area contributed by atoms with Gasteiger partial charge in [-0.3, -0.25) is 10.2 Å². The van der Waals surface area contributed by atoms with Crippen molar-refractivity contribution in [1.29, 1.82) is 5.41 Å². The number of aryl methyl sites for hydroxylation is 1. The third kappa shape index (κ3) is 3.25. The van der Waals surface area contributed by atoms with Crippen molar-refractivity contribution in [2.75, 3.05) is 0 Å². The Labute approximate surface area is 122 Å². The van der Waals surface area contributed by atoms with Crippen LogP contribution in [0.3, 0.4) is 0 Å². The molecule has 0 amide bonds. The van der Waals surface area contributed by atoms with Crippen LogP contribution >= 0.6 is 11.6 Å². The molecular formula is C16H14ClNO2. The third-order valence-corrected chi connectivity index (χ3v) is 3.15. The average molecular weight is 288 g/mol. The van der Waals surface area contributed by atoms with Crippen LogP contribution in [0, 0.1) is 12.3 Å². The fourth-order valence-corrected chi connectivity index (χ4v) is 1.97. The van der Waals surface area contributed by atoms with E-state index in [2.05, 4.69) is 0 Å². The van der Waals surface area contributed by atoms with Gasteiger partial charge in [0.2, 0.25) is 0 Å². The SMILES string of the molecule is Cc1ccccc1OCc1ccccc1C(=N)C(=O)Cl. The quantitative estimate of drug-likeness (QED) is 0.673. The molecule has 4 heteroatoms. The molecule has 0 saturated carbocycles. The molecule has 0 aliphatic heterocycles. The number of nitrogens with one attached hydrogen (secondary N) is 1. The van der Waals surface area contributed by atoms with E-state index in [1.807, 2.05) is 43.3 Å². The Morgan fingerprint density at radius 1 is 1.15 bits per heavy atom. The standard InChI is InChI=1S/C16H14ClNO2/c1-11-6-2-5-9-14(11)20-10-12-7-3-4-8-13(12)15(18)16(17)19/h2-9,18H,10H2,1H3. The van der Waals surface area contributed by atoms with E-state index in [0.29, 0.717) is 5.56 Å². The largest absolute Gasteiger partial charge is 0.489 e. The molecule has 3 nitrogen and oxygen atoms in total. The second-order valence-corrected chi connectivity index (χ2v) is 4.70. The molecule has 0 fully saturated rings. The lowest BCUT2D eigenvalue weighted by atomic mass is 10.0. The topological polar surface area (TPSA) is 50.1 Å². The van der Waals surface area contributed by atoms with E-state index in [4.69, 9.17) is 21.7 Å². The van der Waals surface area contributed by atoms with E-state index in [1.165, 1.54) is 0 Å². The van der Waals surface area contributed by atoms with Gasteiger partial charge in [-0.25, -0.2) is 0 Å². The highest BCUT2D eigenvalue weighted by molar-refractivity contribution is 6.83. The number of carbonyl (C=O) groups is 1. The van der Waals surface area contributed by atoms with Gasteiger partial charge in [0.15, 0.2) is 0 Å². The summed E-state index contributed by atoms with van der Waals surface area (Å²) in [5, 5.41) is 6.94. The molecule has 2 aromatic carbocycles. The monoisotopic (exact) mass is 287 g/mol. The number of ether oxygens (including phenoxy) is 1. The van der Waals surface area contributed by atoms with E-state index < -0.39 is 5.24 Å². The lowest BCUT2D eigenvalue weighted by Gasteiger charge is -2.11. The second kappa shape index (κ2) is 6.35. The molecule has 2 rings (SSSR count). The molecule has 0 saturated heterocycles. The first-order valence-electron chi connectivity index (χ1n) is 6.14. The molecule has 0 aliphatic carbocycles. The van der Waals surface area contributed by atoms with Crippen molar-refractivity contribution >= 4 is 22.6 Å². The normalized spacial score (nSPS) is 10.1. The Hall–Kier alpha value is -2.13. The van der Waals surface area contributed by atoms with Gasteiger partial charge in [0.25, 0.3) is 5.24 Å². The van der Waals surface area contributed by atoms with Gasteiger partial charge in [0, 0.05) is 5.56 Å². The second-order valence-electron chi connectivity index (χ2n) is 4.36. The van der Waals surface area contributed by atoms with Crippen LogP contribution in [0.1, 0.15) is 16.7 Å². The van der Waals surface area contributed by atoms with Crippen molar-refractivity contribution in [2.45, 2.75) is 13.5 Å². The van der Waals surface area contributed by atoms with Gasteiger partial charge >= 0.3 is 0 Å². The number of benzene rings is 2. The molecular weight excluding hydrogens is 274 g/mol. The maximum atomic E-state index is 11.1. The molecule has 0 aliphatic rings. The van der Waals surface area contributed by atoms with Crippen LogP contribution in [0.15, 0.2) is 48.5 Å². The Kier molecular flexibility index (Phi) is 4.53. The van der Waals surface area contributed by atoms with E-state index in [-0.39, 0.29) is 12.3 Å². The molecule has 0 heterocycles. The first kappa shape index (κ1) is 14.3. The van der Waals surface area contributed by atoms with Gasteiger partial charge in [-0.05, 0) is 35.7 Å². The van der Waals surface area contributed by atoms with Crippen LogP contribution in [0.25, 0.3) is 0 Å². The molecule has 0 aromatic heterocycles. The highest BCUT2D eigenvalue weighted by Gasteiger charge is 2.13. The molecule has 1 N–H and O–H groups in total. The van der Waals surface area contributed by atoms with Crippen LogP contribution in [0.4, 0.5) is 0 Å². The minimum absolute atomic E-state index is 0.212. The summed E-state index contributed by atoms with van der Waals surface area (Å²) in [5.41, 5.74) is 2.08. The average Bonchev–Trinajstić information content (AvgIpc) is 2.46. The van der Waals surface area contributed by atoms with Crippen molar-refractivity contribution < 1.29 is 9.53 Å². The van der Waals surface area contributed by atoms with Crippen molar-refractivity contribution in [1.82, 2.24) is 0 Å². The summed E-state index contributed by atoms with van der Waals surface area (Å²) in [5.74, 6) is 0.783. The van der Waals surface area contributed by atoms with Gasteiger partial charge in [-0.15, -0.1) is 0 Å². The van der Waals surface area contributed by atoms with Crippen molar-refractivity contribution in [2.24, 2.45) is 0 Å². The Morgan fingerprint density at radius 2 is 1.80 bits per heavy atom. The van der Waals surface area contributed by atoms with Crippen molar-refractivity contribution in [3.8, 4) is 5.75 Å². The minimum Gasteiger partial charge on any atom is -0.489 e. The third-order valence-electron chi connectivity index (χ3n) is 2.96. The minimum atomic E-state index is -0.770. The summed E-state index contributed by atoms with van der Waals surface area (Å²) >= 11 is 5.37. The maximum absolute atomic E-state index is 11.1. The Bertz CT molecular complexity index is 652. The number of carbonyl (C=O) groups excluding carboxylic acids is 1. The zero-order valence-corrected chi connectivity index (χ0v) is 11.8. The molecule has 0 spiro atoms. The summed E-state index contributed by atoms with van der Waals surface area (Å²) in [6, 6.07) is 14.8. The van der Waals surface area contributed by atoms with E-state index in [1.54, 1.807) is 12.1 Å². The number of halogens is 1. The predicted octanol–water partition coefficient (Wildman–Crippen LogP) is 3.71.